The van der Waals surface area contributed by atoms with Crippen molar-refractivity contribution in [3.05, 3.63) is 64.4 Å². The van der Waals surface area contributed by atoms with E-state index in [0.29, 0.717) is 36.9 Å². The summed E-state index contributed by atoms with van der Waals surface area (Å²) in [6.45, 7) is 1.91. The molecule has 2 aromatic rings. The molecule has 22 heavy (non-hydrogen) atoms. The van der Waals surface area contributed by atoms with Crippen molar-refractivity contribution in [1.29, 1.82) is 0 Å². The van der Waals surface area contributed by atoms with Crippen LogP contribution >= 0.6 is 15.9 Å². The highest BCUT2D eigenvalue weighted by atomic mass is 79.9. The third-order valence-electron chi connectivity index (χ3n) is 3.62. The summed E-state index contributed by atoms with van der Waals surface area (Å²) >= 11 is 3.37. The van der Waals surface area contributed by atoms with Crippen molar-refractivity contribution >= 4 is 21.8 Å². The molecule has 0 spiro atoms. The number of halogens is 2. The average Bonchev–Trinajstić information content (AvgIpc) is 2.47. The Hall–Kier alpha value is -1.88. The first-order valence-corrected chi connectivity index (χ1v) is 7.84. The standard InChI is InChI=1S/C17H15BrFNO2/c18-14-3-1-2-13(8-14)17(21)20-9-12(10-20)11-22-16-6-4-15(19)5-7-16/h1-8,12H,9-11H2. The molecular formula is C17H15BrFNO2. The predicted molar refractivity (Wildman–Crippen MR) is 85.4 cm³/mol. The number of rotatable bonds is 4. The molecule has 1 amide bonds. The summed E-state index contributed by atoms with van der Waals surface area (Å²) in [5.41, 5.74) is 0.687. The SMILES string of the molecule is O=C(c1cccc(Br)c1)N1CC(COc2ccc(F)cc2)C1. The number of benzene rings is 2. The van der Waals surface area contributed by atoms with Crippen molar-refractivity contribution in [2.24, 2.45) is 5.92 Å². The molecule has 1 aliphatic rings. The van der Waals surface area contributed by atoms with Gasteiger partial charge >= 0.3 is 0 Å². The minimum Gasteiger partial charge on any atom is -0.493 e. The molecule has 1 heterocycles. The van der Waals surface area contributed by atoms with E-state index in [9.17, 15) is 9.18 Å². The number of likely N-dealkylation sites (tertiary alicyclic amines) is 1. The van der Waals surface area contributed by atoms with Crippen molar-refractivity contribution in [2.75, 3.05) is 19.7 Å². The molecule has 3 nitrogen and oxygen atoms in total. The molecule has 2 aromatic carbocycles. The maximum Gasteiger partial charge on any atom is 0.253 e. The summed E-state index contributed by atoms with van der Waals surface area (Å²) < 4.78 is 19.3. The molecule has 114 valence electrons. The molecule has 0 unspecified atom stereocenters. The van der Waals surface area contributed by atoms with Crippen LogP contribution in [-0.4, -0.2) is 30.5 Å². The van der Waals surface area contributed by atoms with Crippen LogP contribution in [0.5, 0.6) is 5.75 Å². The van der Waals surface area contributed by atoms with Gasteiger partial charge in [-0.3, -0.25) is 4.79 Å². The Bertz CT molecular complexity index is 669. The van der Waals surface area contributed by atoms with Gasteiger partial charge in [0.15, 0.2) is 0 Å². The van der Waals surface area contributed by atoms with E-state index in [1.165, 1.54) is 12.1 Å². The summed E-state index contributed by atoms with van der Waals surface area (Å²) in [5, 5.41) is 0. The number of nitrogens with zero attached hydrogens (tertiary/aromatic N) is 1. The molecule has 0 atom stereocenters. The lowest BCUT2D eigenvalue weighted by atomic mass is 10.00. The van der Waals surface area contributed by atoms with Gasteiger partial charge in [0.05, 0.1) is 6.61 Å². The Labute approximate surface area is 136 Å². The maximum atomic E-state index is 12.8. The van der Waals surface area contributed by atoms with E-state index in [0.717, 1.165) is 4.47 Å². The van der Waals surface area contributed by atoms with Crippen LogP contribution in [0.2, 0.25) is 0 Å². The first kappa shape index (κ1) is 15.0. The zero-order valence-electron chi connectivity index (χ0n) is 11.8. The zero-order valence-corrected chi connectivity index (χ0v) is 13.4. The van der Waals surface area contributed by atoms with Crippen LogP contribution in [0.15, 0.2) is 53.0 Å². The van der Waals surface area contributed by atoms with Crippen LogP contribution in [0.25, 0.3) is 0 Å². The van der Waals surface area contributed by atoms with E-state index >= 15 is 0 Å². The lowest BCUT2D eigenvalue weighted by molar-refractivity contribution is 0.0393. The summed E-state index contributed by atoms with van der Waals surface area (Å²) in [6.07, 6.45) is 0. The van der Waals surface area contributed by atoms with E-state index in [4.69, 9.17) is 4.74 Å². The molecule has 3 rings (SSSR count). The van der Waals surface area contributed by atoms with Crippen molar-refractivity contribution in [3.8, 4) is 5.75 Å². The molecule has 1 aliphatic heterocycles. The summed E-state index contributed by atoms with van der Waals surface area (Å²) in [4.78, 5) is 14.1. The largest absolute Gasteiger partial charge is 0.493 e. The van der Waals surface area contributed by atoms with Gasteiger partial charge in [0.1, 0.15) is 11.6 Å². The first-order valence-electron chi connectivity index (χ1n) is 7.05. The predicted octanol–water partition coefficient (Wildman–Crippen LogP) is 3.74. The topological polar surface area (TPSA) is 29.5 Å². The quantitative estimate of drug-likeness (QED) is 0.827. The van der Waals surface area contributed by atoms with E-state index < -0.39 is 0 Å². The van der Waals surface area contributed by atoms with Crippen LogP contribution < -0.4 is 4.74 Å². The average molecular weight is 364 g/mol. The lowest BCUT2D eigenvalue weighted by Crippen LogP contribution is -2.52. The van der Waals surface area contributed by atoms with Crippen LogP contribution in [0.1, 0.15) is 10.4 Å². The van der Waals surface area contributed by atoms with Crippen molar-refractivity contribution in [2.45, 2.75) is 0 Å². The zero-order chi connectivity index (χ0) is 15.5. The number of hydrogen-bond acceptors (Lipinski definition) is 2. The third kappa shape index (κ3) is 3.47. The van der Waals surface area contributed by atoms with Crippen molar-refractivity contribution < 1.29 is 13.9 Å². The highest BCUT2D eigenvalue weighted by Crippen LogP contribution is 2.22. The Balaban J connectivity index is 1.47. The molecule has 0 N–H and O–H groups in total. The fraction of sp³-hybridized carbons (Fsp3) is 0.235. The fourth-order valence-corrected chi connectivity index (χ4v) is 2.79. The van der Waals surface area contributed by atoms with Crippen LogP contribution in [0.3, 0.4) is 0 Å². The van der Waals surface area contributed by atoms with E-state index in [1.54, 1.807) is 17.0 Å². The maximum absolute atomic E-state index is 12.8. The number of carbonyl (C=O) groups excluding carboxylic acids is 1. The Morgan fingerprint density at radius 2 is 1.95 bits per heavy atom. The lowest BCUT2D eigenvalue weighted by Gasteiger charge is -2.39. The number of hydrogen-bond donors (Lipinski definition) is 0. The Morgan fingerprint density at radius 1 is 1.23 bits per heavy atom. The number of carbonyl (C=O) groups is 1. The van der Waals surface area contributed by atoms with Crippen LogP contribution in [-0.2, 0) is 0 Å². The van der Waals surface area contributed by atoms with Gasteiger partial charge in [-0.25, -0.2) is 4.39 Å². The summed E-state index contributed by atoms with van der Waals surface area (Å²) in [6, 6.07) is 13.4. The Morgan fingerprint density at radius 3 is 2.64 bits per heavy atom. The van der Waals surface area contributed by atoms with Gasteiger partial charge in [-0.1, -0.05) is 22.0 Å². The molecular weight excluding hydrogens is 349 g/mol. The highest BCUT2D eigenvalue weighted by molar-refractivity contribution is 9.10. The second kappa shape index (κ2) is 6.48. The van der Waals surface area contributed by atoms with Gasteiger partial charge in [-0.15, -0.1) is 0 Å². The summed E-state index contributed by atoms with van der Waals surface area (Å²) in [5.74, 6) is 0.737. The fourth-order valence-electron chi connectivity index (χ4n) is 2.39. The van der Waals surface area contributed by atoms with E-state index in [-0.39, 0.29) is 11.7 Å². The van der Waals surface area contributed by atoms with Crippen LogP contribution in [0, 0.1) is 11.7 Å². The second-order valence-electron chi connectivity index (χ2n) is 5.35. The van der Waals surface area contributed by atoms with Crippen LogP contribution in [0.4, 0.5) is 4.39 Å². The molecule has 1 fully saturated rings. The minimum atomic E-state index is -0.276. The van der Waals surface area contributed by atoms with Gasteiger partial charge in [-0.2, -0.15) is 0 Å². The molecule has 1 saturated heterocycles. The normalized spacial score (nSPS) is 14.5. The molecule has 0 aromatic heterocycles. The molecule has 0 radical (unpaired) electrons. The smallest absolute Gasteiger partial charge is 0.253 e. The van der Waals surface area contributed by atoms with Gasteiger partial charge in [0.25, 0.3) is 5.91 Å². The van der Waals surface area contributed by atoms with Crippen molar-refractivity contribution in [1.82, 2.24) is 4.90 Å². The molecule has 5 heteroatoms. The van der Waals surface area contributed by atoms with E-state index in [1.807, 2.05) is 24.3 Å². The number of amides is 1. The van der Waals surface area contributed by atoms with Gasteiger partial charge in [0.2, 0.25) is 0 Å². The molecule has 0 aliphatic carbocycles. The van der Waals surface area contributed by atoms with Gasteiger partial charge in [-0.05, 0) is 42.5 Å². The highest BCUT2D eigenvalue weighted by Gasteiger charge is 2.31. The van der Waals surface area contributed by atoms with Gasteiger partial charge in [0, 0.05) is 29.0 Å². The second-order valence-corrected chi connectivity index (χ2v) is 6.27. The molecule has 0 bridgehead atoms. The Kier molecular flexibility index (Phi) is 4.43. The van der Waals surface area contributed by atoms with Crippen molar-refractivity contribution in [3.63, 3.8) is 0 Å². The first-order chi connectivity index (χ1) is 10.6. The minimum absolute atomic E-state index is 0.0410. The summed E-state index contributed by atoms with van der Waals surface area (Å²) in [7, 11) is 0. The van der Waals surface area contributed by atoms with Gasteiger partial charge < -0.3 is 9.64 Å². The monoisotopic (exact) mass is 363 g/mol. The van der Waals surface area contributed by atoms with E-state index in [2.05, 4.69) is 15.9 Å². The third-order valence-corrected chi connectivity index (χ3v) is 4.11. The number of ether oxygens (including phenoxy) is 1. The molecule has 0 saturated carbocycles.